The summed E-state index contributed by atoms with van der Waals surface area (Å²) in [6, 6.07) is 5.59. The predicted molar refractivity (Wildman–Crippen MR) is 78.7 cm³/mol. The van der Waals surface area contributed by atoms with Crippen LogP contribution < -0.4 is 5.32 Å². The zero-order chi connectivity index (χ0) is 15.1. The predicted octanol–water partition coefficient (Wildman–Crippen LogP) is 2.01. The molecule has 0 radical (unpaired) electrons. The van der Waals surface area contributed by atoms with Crippen LogP contribution in [0.3, 0.4) is 0 Å². The first-order valence-corrected chi connectivity index (χ1v) is 6.92. The highest BCUT2D eigenvalue weighted by Gasteiger charge is 2.10. The maximum absolute atomic E-state index is 12.0. The quantitative estimate of drug-likeness (QED) is 0.749. The molecule has 0 aliphatic rings. The third kappa shape index (κ3) is 5.13. The minimum Gasteiger partial charge on any atom is -0.396 e. The number of aliphatic hydroxyl groups excluding tert-OH is 1. The Morgan fingerprint density at radius 2 is 1.90 bits per heavy atom. The Hall–Kier alpha value is -1.68. The van der Waals surface area contributed by atoms with E-state index in [9.17, 15) is 9.59 Å². The Kier molecular flexibility index (Phi) is 6.39. The molecule has 1 aromatic rings. The number of Topliss-reactive ketones (excluding diaryl/α,β-unsaturated/α-hetero) is 1. The van der Waals surface area contributed by atoms with E-state index in [0.717, 1.165) is 11.1 Å². The van der Waals surface area contributed by atoms with Gasteiger partial charge in [0.2, 0.25) is 5.91 Å². The van der Waals surface area contributed by atoms with Crippen molar-refractivity contribution in [2.24, 2.45) is 5.92 Å². The van der Waals surface area contributed by atoms with Crippen molar-refractivity contribution in [1.82, 2.24) is 5.32 Å². The van der Waals surface area contributed by atoms with Crippen molar-refractivity contribution in [2.45, 2.75) is 33.6 Å². The first-order chi connectivity index (χ1) is 9.43. The summed E-state index contributed by atoms with van der Waals surface area (Å²) in [4.78, 5) is 23.6. The molecule has 0 saturated carbocycles. The molecule has 0 aromatic heterocycles. The average Bonchev–Trinajstić information content (AvgIpc) is 2.44. The first-order valence-electron chi connectivity index (χ1n) is 6.92. The summed E-state index contributed by atoms with van der Waals surface area (Å²) in [5.74, 6) is -0.129. The lowest BCUT2D eigenvalue weighted by molar-refractivity contribution is -0.121. The fraction of sp³-hybridized carbons (Fsp3) is 0.500. The average molecular weight is 277 g/mol. The monoisotopic (exact) mass is 277 g/mol. The molecule has 0 fully saturated rings. The van der Waals surface area contributed by atoms with Crippen LogP contribution in [-0.4, -0.2) is 29.9 Å². The van der Waals surface area contributed by atoms with E-state index >= 15 is 0 Å². The summed E-state index contributed by atoms with van der Waals surface area (Å²) in [6.07, 6.45) is 0.395. The van der Waals surface area contributed by atoms with Gasteiger partial charge in [-0.1, -0.05) is 19.1 Å². The summed E-state index contributed by atoms with van der Waals surface area (Å²) in [5, 5.41) is 11.6. The lowest BCUT2D eigenvalue weighted by Gasteiger charge is -2.09. The van der Waals surface area contributed by atoms with Crippen molar-refractivity contribution in [3.05, 3.63) is 34.9 Å². The van der Waals surface area contributed by atoms with Gasteiger partial charge >= 0.3 is 0 Å². The Morgan fingerprint density at radius 1 is 1.20 bits per heavy atom. The Balaban J connectivity index is 2.43. The number of aryl methyl sites for hydroxylation is 2. The second-order valence-corrected chi connectivity index (χ2v) is 5.31. The number of aliphatic hydroxyl groups is 1. The van der Waals surface area contributed by atoms with E-state index < -0.39 is 0 Å². The molecule has 0 heterocycles. The molecule has 0 aliphatic carbocycles. The minimum atomic E-state index is -0.150. The molecular formula is C16H23NO3. The standard InChI is InChI=1S/C16H23NO3/c1-11(10-18)9-17-16(20)7-6-15(19)14-5-4-12(2)13(3)8-14/h4-5,8,11,18H,6-7,9-10H2,1-3H3,(H,17,20). The van der Waals surface area contributed by atoms with Crippen molar-refractivity contribution >= 4 is 11.7 Å². The van der Waals surface area contributed by atoms with Crippen LogP contribution in [0.1, 0.15) is 41.3 Å². The molecule has 1 unspecified atom stereocenters. The zero-order valence-electron chi connectivity index (χ0n) is 12.4. The van der Waals surface area contributed by atoms with Gasteiger partial charge in [0.1, 0.15) is 0 Å². The lowest BCUT2D eigenvalue weighted by atomic mass is 10.0. The highest BCUT2D eigenvalue weighted by Crippen LogP contribution is 2.12. The molecule has 0 spiro atoms. The highest BCUT2D eigenvalue weighted by molar-refractivity contribution is 5.98. The lowest BCUT2D eigenvalue weighted by Crippen LogP contribution is -2.29. The van der Waals surface area contributed by atoms with E-state index in [1.165, 1.54) is 0 Å². The number of hydrogen-bond donors (Lipinski definition) is 2. The third-order valence-corrected chi connectivity index (χ3v) is 3.37. The molecule has 0 aliphatic heterocycles. The summed E-state index contributed by atoms with van der Waals surface area (Å²) < 4.78 is 0. The fourth-order valence-corrected chi connectivity index (χ4v) is 1.73. The normalized spacial score (nSPS) is 12.0. The summed E-state index contributed by atoms with van der Waals surface area (Å²) >= 11 is 0. The third-order valence-electron chi connectivity index (χ3n) is 3.37. The van der Waals surface area contributed by atoms with Crippen LogP contribution in [0.5, 0.6) is 0 Å². The molecule has 0 saturated heterocycles. The molecule has 4 heteroatoms. The largest absolute Gasteiger partial charge is 0.396 e. The molecule has 110 valence electrons. The van der Waals surface area contributed by atoms with Gasteiger partial charge in [0.05, 0.1) is 0 Å². The van der Waals surface area contributed by atoms with Crippen LogP contribution in [0.25, 0.3) is 0 Å². The van der Waals surface area contributed by atoms with E-state index in [4.69, 9.17) is 5.11 Å². The summed E-state index contributed by atoms with van der Waals surface area (Å²) in [7, 11) is 0. The topological polar surface area (TPSA) is 66.4 Å². The van der Waals surface area contributed by atoms with Crippen LogP contribution in [-0.2, 0) is 4.79 Å². The maximum Gasteiger partial charge on any atom is 0.220 e. The van der Waals surface area contributed by atoms with Crippen molar-refractivity contribution in [2.75, 3.05) is 13.2 Å². The van der Waals surface area contributed by atoms with Gasteiger partial charge in [-0.05, 0) is 37.0 Å². The summed E-state index contributed by atoms with van der Waals surface area (Å²) in [5.41, 5.74) is 2.89. The van der Waals surface area contributed by atoms with Crippen LogP contribution in [0.2, 0.25) is 0 Å². The maximum atomic E-state index is 12.0. The molecule has 1 rings (SSSR count). The number of rotatable bonds is 7. The number of carbonyl (C=O) groups excluding carboxylic acids is 2. The highest BCUT2D eigenvalue weighted by atomic mass is 16.3. The second-order valence-electron chi connectivity index (χ2n) is 5.31. The number of carbonyl (C=O) groups is 2. The van der Waals surface area contributed by atoms with Gasteiger partial charge in [-0.3, -0.25) is 9.59 Å². The molecule has 20 heavy (non-hydrogen) atoms. The molecule has 1 atom stereocenters. The van der Waals surface area contributed by atoms with Crippen molar-refractivity contribution < 1.29 is 14.7 Å². The van der Waals surface area contributed by atoms with Gasteiger partial charge in [0, 0.05) is 31.6 Å². The van der Waals surface area contributed by atoms with Crippen molar-refractivity contribution in [3.8, 4) is 0 Å². The van der Waals surface area contributed by atoms with Gasteiger partial charge in [0.25, 0.3) is 0 Å². The van der Waals surface area contributed by atoms with E-state index in [2.05, 4.69) is 5.32 Å². The molecule has 4 nitrogen and oxygen atoms in total. The molecule has 1 aromatic carbocycles. The van der Waals surface area contributed by atoms with Gasteiger partial charge in [-0.2, -0.15) is 0 Å². The van der Waals surface area contributed by atoms with E-state index in [0.29, 0.717) is 12.1 Å². The number of amides is 1. The zero-order valence-corrected chi connectivity index (χ0v) is 12.4. The number of nitrogens with one attached hydrogen (secondary N) is 1. The Labute approximate surface area is 120 Å². The number of ketones is 1. The van der Waals surface area contributed by atoms with E-state index in [-0.39, 0.29) is 37.1 Å². The van der Waals surface area contributed by atoms with Gasteiger partial charge in [0.15, 0.2) is 5.78 Å². The molecule has 2 N–H and O–H groups in total. The van der Waals surface area contributed by atoms with E-state index in [1.54, 1.807) is 6.07 Å². The SMILES string of the molecule is Cc1ccc(C(=O)CCC(=O)NCC(C)CO)cc1C. The number of benzene rings is 1. The van der Waals surface area contributed by atoms with Crippen LogP contribution in [0.15, 0.2) is 18.2 Å². The Bertz CT molecular complexity index is 483. The fourth-order valence-electron chi connectivity index (χ4n) is 1.73. The number of hydrogen-bond acceptors (Lipinski definition) is 3. The van der Waals surface area contributed by atoms with E-state index in [1.807, 2.05) is 32.9 Å². The second kappa shape index (κ2) is 7.80. The molecule has 0 bridgehead atoms. The van der Waals surface area contributed by atoms with Crippen molar-refractivity contribution in [1.29, 1.82) is 0 Å². The minimum absolute atomic E-state index is 0.0153. The smallest absolute Gasteiger partial charge is 0.220 e. The first kappa shape index (κ1) is 16.4. The Morgan fingerprint density at radius 3 is 2.50 bits per heavy atom. The summed E-state index contributed by atoms with van der Waals surface area (Å²) in [6.45, 7) is 6.30. The molecule has 1 amide bonds. The van der Waals surface area contributed by atoms with Gasteiger partial charge in [-0.25, -0.2) is 0 Å². The van der Waals surface area contributed by atoms with Crippen LogP contribution >= 0.6 is 0 Å². The van der Waals surface area contributed by atoms with Gasteiger partial charge in [-0.15, -0.1) is 0 Å². The van der Waals surface area contributed by atoms with Crippen LogP contribution in [0, 0.1) is 19.8 Å². The van der Waals surface area contributed by atoms with Crippen molar-refractivity contribution in [3.63, 3.8) is 0 Å². The van der Waals surface area contributed by atoms with Crippen LogP contribution in [0.4, 0.5) is 0 Å². The van der Waals surface area contributed by atoms with Gasteiger partial charge < -0.3 is 10.4 Å². The molecular weight excluding hydrogens is 254 g/mol.